The normalized spacial score (nSPS) is 15.0. The van der Waals surface area contributed by atoms with Crippen molar-refractivity contribution >= 4 is 22.2 Å². The molecule has 5 rings (SSSR count). The van der Waals surface area contributed by atoms with Crippen molar-refractivity contribution in [3.63, 3.8) is 0 Å². The zero-order valence-electron chi connectivity index (χ0n) is 16.5. The van der Waals surface area contributed by atoms with Gasteiger partial charge < -0.3 is 9.55 Å². The zero-order chi connectivity index (χ0) is 19.7. The van der Waals surface area contributed by atoms with Crippen LogP contribution in [0.4, 0.5) is 4.39 Å². The average Bonchev–Trinajstić information content (AvgIpc) is 3.36. The standard InChI is InChI=1S/C19H19FN6.C2H6/c1-11-24-16(17-19(25-11)22-9-21-17)12-7-14(20)18-15(8-12)23-10-26(18)13-5-3-2-4-6-13;1-2/h7-10,13H,2-6H2,1H3,(H,21,22,24,25);1-2H3. The number of nitrogens with one attached hydrogen (secondary N) is 1. The first-order chi connectivity index (χ1) is 13.7. The molecule has 0 amide bonds. The Labute approximate surface area is 163 Å². The maximum atomic E-state index is 15.1. The van der Waals surface area contributed by atoms with Gasteiger partial charge in [0.15, 0.2) is 5.65 Å². The summed E-state index contributed by atoms with van der Waals surface area (Å²) in [6.07, 6.45) is 9.20. The third-order valence-electron chi connectivity index (χ3n) is 5.26. The second-order valence-electron chi connectivity index (χ2n) is 6.99. The Bertz CT molecular complexity index is 1110. The lowest BCUT2D eigenvalue weighted by Crippen LogP contribution is -2.12. The molecule has 28 heavy (non-hydrogen) atoms. The molecule has 1 aliphatic carbocycles. The van der Waals surface area contributed by atoms with Crippen molar-refractivity contribution in [3.05, 3.63) is 36.4 Å². The number of rotatable bonds is 2. The lowest BCUT2D eigenvalue weighted by atomic mass is 9.95. The van der Waals surface area contributed by atoms with Crippen LogP contribution in [-0.2, 0) is 0 Å². The van der Waals surface area contributed by atoms with Gasteiger partial charge in [-0.1, -0.05) is 33.1 Å². The topological polar surface area (TPSA) is 72.3 Å². The molecule has 146 valence electrons. The number of hydrogen-bond donors (Lipinski definition) is 1. The van der Waals surface area contributed by atoms with Gasteiger partial charge in [-0.2, -0.15) is 0 Å². The van der Waals surface area contributed by atoms with Gasteiger partial charge in [0.2, 0.25) is 0 Å². The van der Waals surface area contributed by atoms with Crippen molar-refractivity contribution in [2.75, 3.05) is 0 Å². The molecule has 0 spiro atoms. The van der Waals surface area contributed by atoms with E-state index in [0.29, 0.717) is 45.3 Å². The van der Waals surface area contributed by atoms with Crippen molar-refractivity contribution in [2.24, 2.45) is 0 Å². The summed E-state index contributed by atoms with van der Waals surface area (Å²) in [7, 11) is 0. The van der Waals surface area contributed by atoms with E-state index in [1.54, 1.807) is 18.7 Å². The van der Waals surface area contributed by atoms with Gasteiger partial charge in [0.05, 0.1) is 23.9 Å². The fourth-order valence-electron chi connectivity index (χ4n) is 4.04. The van der Waals surface area contributed by atoms with E-state index in [-0.39, 0.29) is 5.82 Å². The summed E-state index contributed by atoms with van der Waals surface area (Å²) in [5.41, 5.74) is 3.88. The van der Waals surface area contributed by atoms with Gasteiger partial charge >= 0.3 is 0 Å². The van der Waals surface area contributed by atoms with Crippen LogP contribution in [0.1, 0.15) is 57.8 Å². The molecular formula is C21H25FN6. The highest BCUT2D eigenvalue weighted by Gasteiger charge is 2.21. The molecule has 1 aromatic carbocycles. The molecule has 3 heterocycles. The Morgan fingerprint density at radius 1 is 1.07 bits per heavy atom. The van der Waals surface area contributed by atoms with Crippen LogP contribution in [0, 0.1) is 12.7 Å². The molecular weight excluding hydrogens is 355 g/mol. The van der Waals surface area contributed by atoms with E-state index in [1.165, 1.54) is 19.3 Å². The lowest BCUT2D eigenvalue weighted by molar-refractivity contribution is 0.358. The summed E-state index contributed by atoms with van der Waals surface area (Å²) in [6.45, 7) is 5.81. The number of benzene rings is 1. The van der Waals surface area contributed by atoms with E-state index >= 15 is 4.39 Å². The van der Waals surface area contributed by atoms with Crippen LogP contribution in [0.5, 0.6) is 0 Å². The first-order valence-corrected chi connectivity index (χ1v) is 10.0. The van der Waals surface area contributed by atoms with Crippen molar-refractivity contribution in [1.82, 2.24) is 29.5 Å². The van der Waals surface area contributed by atoms with Crippen LogP contribution in [0.25, 0.3) is 33.5 Å². The van der Waals surface area contributed by atoms with Gasteiger partial charge in [-0.3, -0.25) is 0 Å². The highest BCUT2D eigenvalue weighted by Crippen LogP contribution is 2.34. The molecule has 0 bridgehead atoms. The molecule has 7 heteroatoms. The monoisotopic (exact) mass is 380 g/mol. The fraction of sp³-hybridized carbons (Fsp3) is 0.429. The molecule has 0 radical (unpaired) electrons. The Hall–Kier alpha value is -2.83. The first-order valence-electron chi connectivity index (χ1n) is 10.0. The predicted octanol–water partition coefficient (Wildman–Crippen LogP) is 5.35. The van der Waals surface area contributed by atoms with Gasteiger partial charge in [-0.15, -0.1) is 0 Å². The molecule has 0 saturated heterocycles. The average molecular weight is 380 g/mol. The summed E-state index contributed by atoms with van der Waals surface area (Å²) in [4.78, 5) is 20.5. The Morgan fingerprint density at radius 3 is 2.64 bits per heavy atom. The second-order valence-corrected chi connectivity index (χ2v) is 6.99. The van der Waals surface area contributed by atoms with Gasteiger partial charge in [-0.25, -0.2) is 24.3 Å². The summed E-state index contributed by atoms with van der Waals surface area (Å²) in [5, 5.41) is 0. The first kappa shape index (κ1) is 18.5. The third-order valence-corrected chi connectivity index (χ3v) is 5.26. The SMILES string of the molecule is CC.Cc1nc(-c2cc(F)c3c(c2)ncn3C2CCCCC2)c2[nH]cnc2n1. The van der Waals surface area contributed by atoms with Crippen LogP contribution < -0.4 is 0 Å². The van der Waals surface area contributed by atoms with Gasteiger partial charge in [-0.05, 0) is 31.9 Å². The molecule has 3 aromatic heterocycles. The molecule has 1 N–H and O–H groups in total. The van der Waals surface area contributed by atoms with Crippen LogP contribution in [0.3, 0.4) is 0 Å². The number of aromatic amines is 1. The van der Waals surface area contributed by atoms with E-state index in [9.17, 15) is 0 Å². The molecule has 0 aliphatic heterocycles. The number of nitrogens with zero attached hydrogens (tertiary/aromatic N) is 5. The quantitative estimate of drug-likeness (QED) is 0.509. The van der Waals surface area contributed by atoms with E-state index in [1.807, 2.05) is 31.4 Å². The van der Waals surface area contributed by atoms with Crippen LogP contribution in [-0.4, -0.2) is 29.5 Å². The number of hydrogen-bond acceptors (Lipinski definition) is 4. The van der Waals surface area contributed by atoms with Gasteiger partial charge in [0, 0.05) is 11.6 Å². The van der Waals surface area contributed by atoms with Crippen molar-refractivity contribution in [3.8, 4) is 11.3 Å². The highest BCUT2D eigenvalue weighted by atomic mass is 19.1. The van der Waals surface area contributed by atoms with Crippen LogP contribution in [0.2, 0.25) is 0 Å². The van der Waals surface area contributed by atoms with Crippen LogP contribution in [0.15, 0.2) is 24.8 Å². The summed E-state index contributed by atoms with van der Waals surface area (Å²) in [6, 6.07) is 3.79. The molecule has 0 unspecified atom stereocenters. The minimum Gasteiger partial charge on any atom is -0.341 e. The maximum absolute atomic E-state index is 15.1. The second kappa shape index (κ2) is 7.66. The van der Waals surface area contributed by atoms with Crippen molar-refractivity contribution in [2.45, 2.75) is 58.9 Å². The highest BCUT2D eigenvalue weighted by molar-refractivity contribution is 5.90. The number of fused-ring (bicyclic) bond motifs is 2. The zero-order valence-corrected chi connectivity index (χ0v) is 16.5. The van der Waals surface area contributed by atoms with Crippen LogP contribution >= 0.6 is 0 Å². The molecule has 6 nitrogen and oxygen atoms in total. The molecule has 4 aromatic rings. The fourth-order valence-corrected chi connectivity index (χ4v) is 4.04. The van der Waals surface area contributed by atoms with E-state index in [4.69, 9.17) is 0 Å². The number of aryl methyl sites for hydroxylation is 1. The molecule has 1 saturated carbocycles. The minimum atomic E-state index is -0.260. The third kappa shape index (κ3) is 3.15. The Morgan fingerprint density at radius 2 is 1.86 bits per heavy atom. The number of aromatic nitrogens is 6. The Kier molecular flexibility index (Phi) is 5.07. The maximum Gasteiger partial charge on any atom is 0.181 e. The molecule has 0 atom stereocenters. The minimum absolute atomic E-state index is 0.260. The summed E-state index contributed by atoms with van der Waals surface area (Å²) >= 11 is 0. The lowest BCUT2D eigenvalue weighted by Gasteiger charge is -2.23. The van der Waals surface area contributed by atoms with E-state index in [0.717, 1.165) is 12.8 Å². The smallest absolute Gasteiger partial charge is 0.181 e. The largest absolute Gasteiger partial charge is 0.341 e. The predicted molar refractivity (Wildman–Crippen MR) is 109 cm³/mol. The molecule has 1 aliphatic rings. The summed E-state index contributed by atoms with van der Waals surface area (Å²) in [5.74, 6) is 0.345. The number of imidazole rings is 2. The molecule has 1 fully saturated rings. The van der Waals surface area contributed by atoms with Gasteiger partial charge in [0.1, 0.15) is 22.7 Å². The number of H-pyrrole nitrogens is 1. The summed E-state index contributed by atoms with van der Waals surface area (Å²) < 4.78 is 17.1. The van der Waals surface area contributed by atoms with E-state index in [2.05, 4.69) is 24.9 Å². The van der Waals surface area contributed by atoms with Crippen molar-refractivity contribution < 1.29 is 4.39 Å². The van der Waals surface area contributed by atoms with E-state index < -0.39 is 0 Å². The van der Waals surface area contributed by atoms with Crippen molar-refractivity contribution in [1.29, 1.82) is 0 Å². The van der Waals surface area contributed by atoms with Gasteiger partial charge in [0.25, 0.3) is 0 Å². The number of halogens is 1. The Balaban J connectivity index is 0.000000932.